The van der Waals surface area contributed by atoms with Crippen LogP contribution >= 0.6 is 0 Å². The summed E-state index contributed by atoms with van der Waals surface area (Å²) in [6.07, 6.45) is 0. The highest BCUT2D eigenvalue weighted by atomic mass is 16.7. The molecule has 0 spiro atoms. The number of aromatic nitrogens is 1. The summed E-state index contributed by atoms with van der Waals surface area (Å²) in [4.78, 5) is 0. The molecule has 4 heteroatoms. The Morgan fingerprint density at radius 2 is 1.09 bits per heavy atom. The van der Waals surface area contributed by atoms with E-state index in [1.807, 2.05) is 0 Å². The maximum Gasteiger partial charge on any atom is 0.495 e. The van der Waals surface area contributed by atoms with Gasteiger partial charge in [0.15, 0.2) is 0 Å². The Morgan fingerprint density at radius 1 is 0.676 bits per heavy atom. The third-order valence-corrected chi connectivity index (χ3v) is 7.80. The van der Waals surface area contributed by atoms with Crippen molar-refractivity contribution in [2.75, 3.05) is 0 Å². The Bertz CT molecular complexity index is 1280. The number of rotatable bonds is 4. The zero-order chi connectivity index (χ0) is 24.4. The number of nitrogens with zero attached hydrogens (tertiary/aromatic N) is 1. The van der Waals surface area contributed by atoms with Crippen LogP contribution in [0.1, 0.15) is 78.4 Å². The van der Waals surface area contributed by atoms with E-state index in [4.69, 9.17) is 9.31 Å². The third-order valence-electron chi connectivity index (χ3n) is 7.80. The summed E-state index contributed by atoms with van der Waals surface area (Å²) in [7, 11) is -0.369. The number of hydrogen-bond acceptors (Lipinski definition) is 2. The first kappa shape index (κ1) is 23.2. The van der Waals surface area contributed by atoms with Crippen LogP contribution < -0.4 is 5.46 Å². The molecule has 5 rings (SSSR count). The maximum atomic E-state index is 6.57. The SMILES string of the molecule is CC(C)c1cc(-n2c3ccccc3c3ccccc32)cc(C(C)C)c1B1OC(C)(C)C(C)(C)O1. The second-order valence-corrected chi connectivity index (χ2v) is 11.3. The normalized spacial score (nSPS) is 17.5. The minimum atomic E-state index is -0.369. The average molecular weight is 453 g/mol. The minimum absolute atomic E-state index is 0.333. The molecule has 3 nitrogen and oxygen atoms in total. The highest BCUT2D eigenvalue weighted by Crippen LogP contribution is 2.39. The molecule has 0 unspecified atom stereocenters. The quantitative estimate of drug-likeness (QED) is 0.302. The predicted molar refractivity (Wildman–Crippen MR) is 145 cm³/mol. The van der Waals surface area contributed by atoms with Crippen molar-refractivity contribution >= 4 is 34.4 Å². The molecule has 34 heavy (non-hydrogen) atoms. The van der Waals surface area contributed by atoms with E-state index >= 15 is 0 Å². The van der Waals surface area contributed by atoms with Gasteiger partial charge in [0, 0.05) is 16.5 Å². The molecule has 1 aliphatic rings. The summed E-state index contributed by atoms with van der Waals surface area (Å²) in [5.41, 5.74) is 6.71. The van der Waals surface area contributed by atoms with Gasteiger partial charge in [0.05, 0.1) is 22.2 Å². The fourth-order valence-electron chi connectivity index (χ4n) is 5.20. The van der Waals surface area contributed by atoms with Crippen LogP contribution in [0, 0.1) is 0 Å². The van der Waals surface area contributed by atoms with Gasteiger partial charge in [-0.05, 0) is 80.4 Å². The van der Waals surface area contributed by atoms with Gasteiger partial charge >= 0.3 is 7.12 Å². The highest BCUT2D eigenvalue weighted by Gasteiger charge is 2.53. The molecule has 1 aromatic heterocycles. The molecule has 0 atom stereocenters. The fraction of sp³-hybridized carbons (Fsp3) is 0.400. The second kappa shape index (κ2) is 8.00. The van der Waals surface area contributed by atoms with Crippen molar-refractivity contribution in [2.24, 2.45) is 0 Å². The molecule has 2 heterocycles. The fourth-order valence-corrected chi connectivity index (χ4v) is 5.20. The molecule has 0 N–H and O–H groups in total. The lowest BCUT2D eigenvalue weighted by Crippen LogP contribution is -2.41. The van der Waals surface area contributed by atoms with Crippen LogP contribution in [-0.4, -0.2) is 22.9 Å². The second-order valence-electron chi connectivity index (χ2n) is 11.3. The molecule has 4 aromatic rings. The van der Waals surface area contributed by atoms with Crippen LogP contribution in [0.2, 0.25) is 0 Å². The van der Waals surface area contributed by atoms with Gasteiger partial charge in [-0.1, -0.05) is 64.1 Å². The van der Waals surface area contributed by atoms with E-state index in [9.17, 15) is 0 Å². The minimum Gasteiger partial charge on any atom is -0.399 e. The predicted octanol–water partition coefficient (Wildman–Crippen LogP) is 7.33. The van der Waals surface area contributed by atoms with Crippen LogP contribution in [0.4, 0.5) is 0 Å². The molecule has 0 aliphatic carbocycles. The number of benzene rings is 3. The molecule has 0 bridgehead atoms. The van der Waals surface area contributed by atoms with Gasteiger partial charge < -0.3 is 13.9 Å². The molecule has 3 aromatic carbocycles. The van der Waals surface area contributed by atoms with E-state index in [1.165, 1.54) is 44.1 Å². The Hall–Kier alpha value is -2.56. The van der Waals surface area contributed by atoms with Gasteiger partial charge in [0.25, 0.3) is 0 Å². The standard InChI is InChI=1S/C30H36BNO2/c1-19(2)24-17-21(32-26-15-11-9-13-22(26)23-14-10-12-16-27(23)32)18-25(20(3)4)28(24)31-33-29(5,6)30(7,8)34-31/h9-20H,1-8H3. The first-order chi connectivity index (χ1) is 16.0. The van der Waals surface area contributed by atoms with Gasteiger partial charge in [-0.25, -0.2) is 0 Å². The summed E-state index contributed by atoms with van der Waals surface area (Å²) in [6, 6.07) is 22.1. The van der Waals surface area contributed by atoms with E-state index in [0.29, 0.717) is 11.8 Å². The van der Waals surface area contributed by atoms with E-state index in [1.54, 1.807) is 0 Å². The monoisotopic (exact) mass is 453 g/mol. The lowest BCUT2D eigenvalue weighted by atomic mass is 9.68. The molecule has 1 saturated heterocycles. The van der Waals surface area contributed by atoms with Crippen LogP contribution in [0.3, 0.4) is 0 Å². The summed E-state index contributed by atoms with van der Waals surface area (Å²) in [5.74, 6) is 0.666. The van der Waals surface area contributed by atoms with Crippen molar-refractivity contribution in [3.63, 3.8) is 0 Å². The largest absolute Gasteiger partial charge is 0.495 e. The van der Waals surface area contributed by atoms with Crippen LogP contribution in [-0.2, 0) is 9.31 Å². The van der Waals surface area contributed by atoms with Gasteiger partial charge in [0.2, 0.25) is 0 Å². The highest BCUT2D eigenvalue weighted by molar-refractivity contribution is 6.63. The zero-order valence-corrected chi connectivity index (χ0v) is 21.8. The first-order valence-corrected chi connectivity index (χ1v) is 12.5. The van der Waals surface area contributed by atoms with E-state index < -0.39 is 0 Å². The van der Waals surface area contributed by atoms with Crippen molar-refractivity contribution in [3.8, 4) is 5.69 Å². The average Bonchev–Trinajstić information content (AvgIpc) is 3.22. The Kier molecular flexibility index (Phi) is 5.46. The van der Waals surface area contributed by atoms with Crippen molar-refractivity contribution in [3.05, 3.63) is 71.8 Å². The first-order valence-electron chi connectivity index (χ1n) is 12.5. The van der Waals surface area contributed by atoms with E-state index in [-0.39, 0.29) is 18.3 Å². The Labute approximate surface area is 204 Å². The Morgan fingerprint density at radius 3 is 1.50 bits per heavy atom. The molecule has 1 aliphatic heterocycles. The topological polar surface area (TPSA) is 23.4 Å². The molecular formula is C30H36BNO2. The van der Waals surface area contributed by atoms with Crippen LogP contribution in [0.25, 0.3) is 27.5 Å². The molecule has 176 valence electrons. The van der Waals surface area contributed by atoms with Crippen LogP contribution in [0.15, 0.2) is 60.7 Å². The smallest absolute Gasteiger partial charge is 0.399 e. The van der Waals surface area contributed by atoms with Gasteiger partial charge in [-0.2, -0.15) is 0 Å². The molecule has 1 fully saturated rings. The van der Waals surface area contributed by atoms with Gasteiger partial charge in [0.1, 0.15) is 0 Å². The summed E-state index contributed by atoms with van der Waals surface area (Å²) >= 11 is 0. The summed E-state index contributed by atoms with van der Waals surface area (Å²) in [5, 5.41) is 2.57. The molecule has 0 saturated carbocycles. The third kappa shape index (κ3) is 3.51. The maximum absolute atomic E-state index is 6.57. The number of fused-ring (bicyclic) bond motifs is 3. The van der Waals surface area contributed by atoms with Gasteiger partial charge in [-0.15, -0.1) is 0 Å². The van der Waals surface area contributed by atoms with Crippen molar-refractivity contribution in [1.82, 2.24) is 4.57 Å². The summed E-state index contributed by atoms with van der Waals surface area (Å²) in [6.45, 7) is 17.6. The van der Waals surface area contributed by atoms with Gasteiger partial charge in [-0.3, -0.25) is 0 Å². The zero-order valence-electron chi connectivity index (χ0n) is 21.8. The van der Waals surface area contributed by atoms with Crippen LogP contribution in [0.5, 0.6) is 0 Å². The number of para-hydroxylation sites is 2. The molecular weight excluding hydrogens is 417 g/mol. The lowest BCUT2D eigenvalue weighted by molar-refractivity contribution is 0.00578. The van der Waals surface area contributed by atoms with Crippen molar-refractivity contribution < 1.29 is 9.31 Å². The lowest BCUT2D eigenvalue weighted by Gasteiger charge is -2.32. The van der Waals surface area contributed by atoms with E-state index in [2.05, 4.69) is 121 Å². The molecule has 0 amide bonds. The van der Waals surface area contributed by atoms with E-state index in [0.717, 1.165) is 0 Å². The molecule has 0 radical (unpaired) electrons. The summed E-state index contributed by atoms with van der Waals surface area (Å²) < 4.78 is 15.6. The van der Waals surface area contributed by atoms with Crippen molar-refractivity contribution in [2.45, 2.75) is 78.4 Å². The Balaban J connectivity index is 1.79. The van der Waals surface area contributed by atoms with Crippen molar-refractivity contribution in [1.29, 1.82) is 0 Å². The number of hydrogen-bond donors (Lipinski definition) is 0.